The van der Waals surface area contributed by atoms with Crippen LogP contribution in [0.15, 0.2) is 65.2 Å². The smallest absolute Gasteiger partial charge is 0.248 e. The summed E-state index contributed by atoms with van der Waals surface area (Å²) in [6.45, 7) is 1.42. The van der Waals surface area contributed by atoms with Gasteiger partial charge in [0.05, 0.1) is 6.10 Å². The maximum Gasteiger partial charge on any atom is 0.248 e. The van der Waals surface area contributed by atoms with Gasteiger partial charge in [-0.1, -0.05) is 65.8 Å². The minimum Gasteiger partial charge on any atom is -0.392 e. The van der Waals surface area contributed by atoms with Crippen LogP contribution in [0, 0.1) is 0 Å². The van der Waals surface area contributed by atoms with Gasteiger partial charge in [-0.15, -0.1) is 0 Å². The lowest BCUT2D eigenvalue weighted by atomic mass is 10.1. The highest BCUT2D eigenvalue weighted by atomic mass is 16.5. The number of hydrogen-bond donors (Lipinski definition) is 1. The highest BCUT2D eigenvalue weighted by molar-refractivity contribution is 5.53. The van der Waals surface area contributed by atoms with Crippen LogP contribution in [0.1, 0.15) is 23.9 Å². The second-order valence-electron chi connectivity index (χ2n) is 6.07. The van der Waals surface area contributed by atoms with Gasteiger partial charge < -0.3 is 9.63 Å². The number of likely N-dealkylation sites (tertiary alicyclic amines) is 1. The minimum absolute atomic E-state index is 0.131. The minimum atomic E-state index is -0.298. The monoisotopic (exact) mass is 321 g/mol. The number of rotatable bonds is 4. The Kier molecular flexibility index (Phi) is 4.11. The van der Waals surface area contributed by atoms with Crippen molar-refractivity contribution in [2.75, 3.05) is 13.1 Å². The van der Waals surface area contributed by atoms with E-state index in [2.05, 4.69) is 27.2 Å². The van der Waals surface area contributed by atoms with Gasteiger partial charge in [0.25, 0.3) is 0 Å². The molecule has 4 rings (SSSR count). The van der Waals surface area contributed by atoms with Crippen molar-refractivity contribution in [3.05, 3.63) is 72.1 Å². The Hall–Kier alpha value is -2.50. The number of benzene rings is 2. The number of β-amino-alcohol motifs (C(OH)–C–C–N with tert-alkyl or cyclic N) is 1. The predicted molar refractivity (Wildman–Crippen MR) is 90.2 cm³/mol. The first-order valence-corrected chi connectivity index (χ1v) is 8.17. The van der Waals surface area contributed by atoms with Crippen LogP contribution in [0.3, 0.4) is 0 Å². The molecule has 5 heteroatoms. The third kappa shape index (κ3) is 2.96. The number of aliphatic hydroxyl groups is 1. The van der Waals surface area contributed by atoms with Crippen molar-refractivity contribution in [3.8, 4) is 11.4 Å². The summed E-state index contributed by atoms with van der Waals surface area (Å²) in [5.41, 5.74) is 2.02. The molecule has 1 saturated heterocycles. The fourth-order valence-electron chi connectivity index (χ4n) is 3.20. The molecule has 0 spiro atoms. The van der Waals surface area contributed by atoms with Crippen LogP contribution < -0.4 is 0 Å². The molecule has 1 aromatic heterocycles. The second kappa shape index (κ2) is 6.55. The van der Waals surface area contributed by atoms with E-state index in [1.54, 1.807) is 0 Å². The lowest BCUT2D eigenvalue weighted by Crippen LogP contribution is -2.28. The summed E-state index contributed by atoms with van der Waals surface area (Å²) in [6.07, 6.45) is 0.468. The topological polar surface area (TPSA) is 62.4 Å². The van der Waals surface area contributed by atoms with Crippen LogP contribution in [-0.2, 0) is 0 Å². The number of aromatic nitrogens is 2. The molecule has 122 valence electrons. The number of hydrogen-bond acceptors (Lipinski definition) is 5. The van der Waals surface area contributed by atoms with E-state index in [9.17, 15) is 5.11 Å². The molecule has 24 heavy (non-hydrogen) atoms. The normalized spacial score (nSPS) is 19.5. The van der Waals surface area contributed by atoms with Gasteiger partial charge in [-0.2, -0.15) is 4.98 Å². The highest BCUT2D eigenvalue weighted by Gasteiger charge is 2.33. The molecule has 0 aliphatic carbocycles. The van der Waals surface area contributed by atoms with Crippen molar-refractivity contribution in [3.63, 3.8) is 0 Å². The Balaban J connectivity index is 1.70. The molecular weight excluding hydrogens is 302 g/mol. The van der Waals surface area contributed by atoms with E-state index in [1.165, 1.54) is 0 Å². The SMILES string of the molecule is O[C@@H]1CCN(C(c2ccccc2)c2nc(-c3ccccc3)no2)C1. The standard InChI is InChI=1S/C19H19N3O2/c23-16-11-12-22(13-16)17(14-7-3-1-4-8-14)19-20-18(21-24-19)15-9-5-2-6-10-15/h1-10,16-17,23H,11-13H2/t16-,17?/m1/s1. The molecule has 2 atom stereocenters. The molecule has 5 nitrogen and oxygen atoms in total. The van der Waals surface area contributed by atoms with Crippen LogP contribution in [-0.4, -0.2) is 39.3 Å². The maximum absolute atomic E-state index is 9.92. The summed E-state index contributed by atoms with van der Waals surface area (Å²) < 4.78 is 5.60. The quantitative estimate of drug-likeness (QED) is 0.800. The Bertz CT molecular complexity index is 789. The van der Waals surface area contributed by atoms with Crippen LogP contribution in [0.5, 0.6) is 0 Å². The van der Waals surface area contributed by atoms with E-state index in [-0.39, 0.29) is 12.1 Å². The first-order chi connectivity index (χ1) is 11.8. The summed E-state index contributed by atoms with van der Waals surface area (Å²) in [7, 11) is 0. The van der Waals surface area contributed by atoms with Crippen molar-refractivity contribution >= 4 is 0 Å². The lowest BCUT2D eigenvalue weighted by Gasteiger charge is -2.24. The van der Waals surface area contributed by atoms with Crippen molar-refractivity contribution in [1.82, 2.24) is 15.0 Å². The third-order valence-corrected chi connectivity index (χ3v) is 4.38. The molecule has 1 fully saturated rings. The molecule has 1 aliphatic rings. The van der Waals surface area contributed by atoms with Crippen molar-refractivity contribution in [2.45, 2.75) is 18.6 Å². The van der Waals surface area contributed by atoms with Gasteiger partial charge >= 0.3 is 0 Å². The van der Waals surface area contributed by atoms with Gasteiger partial charge in [-0.05, 0) is 12.0 Å². The molecule has 0 saturated carbocycles. The molecule has 2 heterocycles. The van der Waals surface area contributed by atoms with E-state index < -0.39 is 0 Å². The summed E-state index contributed by atoms with van der Waals surface area (Å²) in [6, 6.07) is 19.8. The fourth-order valence-corrected chi connectivity index (χ4v) is 3.20. The van der Waals surface area contributed by atoms with Gasteiger partial charge in [0.15, 0.2) is 0 Å². The van der Waals surface area contributed by atoms with Gasteiger partial charge in [0.1, 0.15) is 6.04 Å². The molecule has 1 unspecified atom stereocenters. The fraction of sp³-hybridized carbons (Fsp3) is 0.263. The van der Waals surface area contributed by atoms with E-state index in [1.807, 2.05) is 48.5 Å². The molecule has 2 aromatic carbocycles. The Morgan fingerprint density at radius 3 is 2.42 bits per heavy atom. The average Bonchev–Trinajstić information content (AvgIpc) is 3.27. The van der Waals surface area contributed by atoms with E-state index in [0.717, 1.165) is 24.1 Å². The van der Waals surface area contributed by atoms with Gasteiger partial charge in [0.2, 0.25) is 11.7 Å². The van der Waals surface area contributed by atoms with Crippen LogP contribution >= 0.6 is 0 Å². The summed E-state index contributed by atoms with van der Waals surface area (Å²) in [5, 5.41) is 14.1. The molecule has 1 N–H and O–H groups in total. The number of aliphatic hydroxyl groups excluding tert-OH is 1. The van der Waals surface area contributed by atoms with Crippen LogP contribution in [0.4, 0.5) is 0 Å². The maximum atomic E-state index is 9.92. The zero-order valence-corrected chi connectivity index (χ0v) is 13.2. The van der Waals surface area contributed by atoms with E-state index in [0.29, 0.717) is 18.3 Å². The predicted octanol–water partition coefficient (Wildman–Crippen LogP) is 2.89. The Morgan fingerprint density at radius 2 is 1.75 bits per heavy atom. The third-order valence-electron chi connectivity index (χ3n) is 4.38. The second-order valence-corrected chi connectivity index (χ2v) is 6.07. The molecule has 3 aromatic rings. The summed E-state index contributed by atoms with van der Waals surface area (Å²) in [5.74, 6) is 1.15. The summed E-state index contributed by atoms with van der Waals surface area (Å²) >= 11 is 0. The first kappa shape index (κ1) is 15.1. The van der Waals surface area contributed by atoms with Crippen molar-refractivity contribution in [1.29, 1.82) is 0 Å². The molecule has 0 amide bonds. The molecule has 1 aliphatic heterocycles. The van der Waals surface area contributed by atoms with Gasteiger partial charge in [-0.3, -0.25) is 4.90 Å². The molecule has 0 radical (unpaired) electrons. The summed E-state index contributed by atoms with van der Waals surface area (Å²) in [4.78, 5) is 6.82. The van der Waals surface area contributed by atoms with Crippen molar-refractivity contribution in [2.24, 2.45) is 0 Å². The highest BCUT2D eigenvalue weighted by Crippen LogP contribution is 2.31. The zero-order chi connectivity index (χ0) is 16.4. The Labute approximate surface area is 140 Å². The molecule has 0 bridgehead atoms. The zero-order valence-electron chi connectivity index (χ0n) is 13.2. The average molecular weight is 321 g/mol. The van der Waals surface area contributed by atoms with Gasteiger partial charge in [-0.25, -0.2) is 0 Å². The molecular formula is C19H19N3O2. The van der Waals surface area contributed by atoms with E-state index in [4.69, 9.17) is 4.52 Å². The lowest BCUT2D eigenvalue weighted by molar-refractivity contribution is 0.157. The number of nitrogens with zero attached hydrogens (tertiary/aromatic N) is 3. The van der Waals surface area contributed by atoms with Crippen LogP contribution in [0.2, 0.25) is 0 Å². The van der Waals surface area contributed by atoms with Crippen molar-refractivity contribution < 1.29 is 9.63 Å². The van der Waals surface area contributed by atoms with Crippen LogP contribution in [0.25, 0.3) is 11.4 Å². The largest absolute Gasteiger partial charge is 0.392 e. The van der Waals surface area contributed by atoms with Gasteiger partial charge in [0, 0.05) is 18.7 Å². The Morgan fingerprint density at radius 1 is 1.04 bits per heavy atom. The van der Waals surface area contributed by atoms with E-state index >= 15 is 0 Å². The first-order valence-electron chi connectivity index (χ1n) is 8.17.